The number of carbonyl (C=O) groups is 1. The smallest absolute Gasteiger partial charge is 0.248 e. The van der Waals surface area contributed by atoms with Crippen molar-refractivity contribution in [3.8, 4) is 11.5 Å². The molecule has 0 fully saturated rings. The number of rotatable bonds is 6. The summed E-state index contributed by atoms with van der Waals surface area (Å²) in [5, 5.41) is 2.73. The Morgan fingerprint density at radius 2 is 2.04 bits per heavy atom. The number of halogens is 2. The van der Waals surface area contributed by atoms with Crippen LogP contribution in [-0.4, -0.2) is 19.6 Å². The van der Waals surface area contributed by atoms with Crippen LogP contribution in [-0.2, 0) is 4.79 Å². The summed E-state index contributed by atoms with van der Waals surface area (Å²) in [5.74, 6) is 0.382. The van der Waals surface area contributed by atoms with E-state index in [-0.39, 0.29) is 10.9 Å². The first kappa shape index (κ1) is 17.8. The van der Waals surface area contributed by atoms with Gasteiger partial charge in [-0.3, -0.25) is 4.79 Å². The van der Waals surface area contributed by atoms with Gasteiger partial charge in [0.2, 0.25) is 5.91 Å². The molecule has 1 amide bonds. The van der Waals surface area contributed by atoms with Crippen LogP contribution in [0.25, 0.3) is 6.08 Å². The Kier molecular flexibility index (Phi) is 6.21. The van der Waals surface area contributed by atoms with Gasteiger partial charge in [0, 0.05) is 6.08 Å². The van der Waals surface area contributed by atoms with Crippen LogP contribution < -0.4 is 14.8 Å². The third kappa shape index (κ3) is 4.73. The van der Waals surface area contributed by atoms with Crippen LogP contribution in [0.3, 0.4) is 0 Å². The van der Waals surface area contributed by atoms with E-state index in [0.29, 0.717) is 23.8 Å². The number of methoxy groups -OCH3 is 1. The maximum atomic E-state index is 13.0. The molecule has 0 aliphatic rings. The van der Waals surface area contributed by atoms with E-state index < -0.39 is 5.82 Å². The van der Waals surface area contributed by atoms with E-state index in [9.17, 15) is 9.18 Å². The van der Waals surface area contributed by atoms with Gasteiger partial charge < -0.3 is 14.8 Å². The van der Waals surface area contributed by atoms with E-state index in [0.717, 1.165) is 11.6 Å². The Balaban J connectivity index is 2.08. The number of carbonyl (C=O) groups excluding carboxylic acids is 1. The maximum absolute atomic E-state index is 13.0. The number of nitrogens with one attached hydrogen (secondary N) is 1. The second-order valence-electron chi connectivity index (χ2n) is 4.79. The van der Waals surface area contributed by atoms with Gasteiger partial charge >= 0.3 is 0 Å². The number of hydrogen-bond acceptors (Lipinski definition) is 3. The van der Waals surface area contributed by atoms with Gasteiger partial charge in [-0.15, -0.1) is 0 Å². The van der Waals surface area contributed by atoms with Crippen molar-refractivity contribution in [2.24, 2.45) is 0 Å². The lowest BCUT2D eigenvalue weighted by Crippen LogP contribution is -2.08. The van der Waals surface area contributed by atoms with Gasteiger partial charge in [-0.1, -0.05) is 17.7 Å². The maximum Gasteiger partial charge on any atom is 0.248 e. The zero-order chi connectivity index (χ0) is 17.5. The van der Waals surface area contributed by atoms with E-state index in [2.05, 4.69) is 5.32 Å². The number of amides is 1. The monoisotopic (exact) mass is 349 g/mol. The number of benzene rings is 2. The van der Waals surface area contributed by atoms with Crippen LogP contribution in [0.2, 0.25) is 5.02 Å². The molecule has 2 aromatic rings. The molecule has 0 heterocycles. The molecule has 0 aliphatic carbocycles. The Morgan fingerprint density at radius 3 is 2.71 bits per heavy atom. The van der Waals surface area contributed by atoms with Gasteiger partial charge in [-0.05, 0) is 48.9 Å². The zero-order valence-corrected chi connectivity index (χ0v) is 14.1. The van der Waals surface area contributed by atoms with Crippen molar-refractivity contribution in [2.75, 3.05) is 19.0 Å². The highest BCUT2D eigenvalue weighted by Crippen LogP contribution is 2.28. The average Bonchev–Trinajstić information content (AvgIpc) is 2.56. The van der Waals surface area contributed by atoms with Crippen LogP contribution in [0.15, 0.2) is 42.5 Å². The minimum absolute atomic E-state index is 0.138. The summed E-state index contributed by atoms with van der Waals surface area (Å²) in [5.41, 5.74) is 1.12. The minimum atomic E-state index is -0.463. The molecule has 0 atom stereocenters. The average molecular weight is 350 g/mol. The van der Waals surface area contributed by atoms with Gasteiger partial charge in [-0.25, -0.2) is 4.39 Å². The van der Waals surface area contributed by atoms with Crippen LogP contribution in [0.4, 0.5) is 10.1 Å². The van der Waals surface area contributed by atoms with Gasteiger partial charge in [0.05, 0.1) is 24.4 Å². The third-order valence-electron chi connectivity index (χ3n) is 3.10. The molecule has 0 aromatic heterocycles. The lowest BCUT2D eigenvalue weighted by Gasteiger charge is -2.09. The van der Waals surface area contributed by atoms with Gasteiger partial charge in [0.25, 0.3) is 0 Å². The van der Waals surface area contributed by atoms with Crippen molar-refractivity contribution in [1.29, 1.82) is 0 Å². The molecule has 126 valence electrons. The molecular formula is C18H17ClFNO3. The first-order valence-electron chi connectivity index (χ1n) is 7.28. The highest BCUT2D eigenvalue weighted by Gasteiger charge is 2.06. The first-order chi connectivity index (χ1) is 11.5. The fourth-order valence-corrected chi connectivity index (χ4v) is 2.21. The highest BCUT2D eigenvalue weighted by molar-refractivity contribution is 6.33. The Hall–Kier alpha value is -2.53. The summed E-state index contributed by atoms with van der Waals surface area (Å²) in [6.07, 6.45) is 2.99. The van der Waals surface area contributed by atoms with Crippen LogP contribution in [0, 0.1) is 5.82 Å². The van der Waals surface area contributed by atoms with Crippen molar-refractivity contribution >= 4 is 29.3 Å². The molecule has 0 spiro atoms. The lowest BCUT2D eigenvalue weighted by molar-refractivity contribution is -0.111. The second kappa shape index (κ2) is 8.36. The molecule has 1 N–H and O–H groups in total. The second-order valence-corrected chi connectivity index (χ2v) is 5.20. The standard InChI is InChI=1S/C18H17ClFNO3/c1-3-24-16-8-4-12(10-17(16)23-2)5-9-18(22)21-15-7-6-13(20)11-14(15)19/h4-11H,3H2,1-2H3,(H,21,22)/b9-5+. The fraction of sp³-hybridized carbons (Fsp3) is 0.167. The van der Waals surface area contributed by atoms with Crippen molar-refractivity contribution in [3.05, 3.63) is 58.9 Å². The molecule has 0 saturated heterocycles. The summed E-state index contributed by atoms with van der Waals surface area (Å²) in [4.78, 5) is 11.9. The van der Waals surface area contributed by atoms with Crippen molar-refractivity contribution in [1.82, 2.24) is 0 Å². The lowest BCUT2D eigenvalue weighted by atomic mass is 10.2. The highest BCUT2D eigenvalue weighted by atomic mass is 35.5. The van der Waals surface area contributed by atoms with Crippen LogP contribution in [0.1, 0.15) is 12.5 Å². The molecule has 2 rings (SSSR count). The molecule has 4 nitrogen and oxygen atoms in total. The predicted molar refractivity (Wildman–Crippen MR) is 93.2 cm³/mol. The molecule has 2 aromatic carbocycles. The molecule has 0 aliphatic heterocycles. The normalized spacial score (nSPS) is 10.7. The summed E-state index contributed by atoms with van der Waals surface area (Å²) in [6.45, 7) is 2.42. The Morgan fingerprint density at radius 1 is 1.25 bits per heavy atom. The molecule has 24 heavy (non-hydrogen) atoms. The molecular weight excluding hydrogens is 333 g/mol. The van der Waals surface area contributed by atoms with E-state index in [1.165, 1.54) is 18.2 Å². The SMILES string of the molecule is CCOc1ccc(/C=C/C(=O)Nc2ccc(F)cc2Cl)cc1OC. The number of hydrogen-bond donors (Lipinski definition) is 1. The fourth-order valence-electron chi connectivity index (χ4n) is 2.00. The van der Waals surface area contributed by atoms with Crippen molar-refractivity contribution in [3.63, 3.8) is 0 Å². The third-order valence-corrected chi connectivity index (χ3v) is 3.42. The predicted octanol–water partition coefficient (Wildman–Crippen LogP) is 4.54. The van der Waals surface area contributed by atoms with Crippen molar-refractivity contribution in [2.45, 2.75) is 6.92 Å². The van der Waals surface area contributed by atoms with E-state index in [4.69, 9.17) is 21.1 Å². The largest absolute Gasteiger partial charge is 0.493 e. The first-order valence-corrected chi connectivity index (χ1v) is 7.66. The van der Waals surface area contributed by atoms with E-state index >= 15 is 0 Å². The topological polar surface area (TPSA) is 47.6 Å². The quantitative estimate of drug-likeness (QED) is 0.779. The molecule has 0 unspecified atom stereocenters. The molecule has 6 heteroatoms. The van der Waals surface area contributed by atoms with E-state index in [1.807, 2.05) is 13.0 Å². The summed E-state index contributed by atoms with van der Waals surface area (Å²) in [7, 11) is 1.55. The van der Waals surface area contributed by atoms with E-state index in [1.54, 1.807) is 25.3 Å². The summed E-state index contributed by atoms with van der Waals surface area (Å²) >= 11 is 5.87. The molecule has 0 bridgehead atoms. The minimum Gasteiger partial charge on any atom is -0.493 e. The van der Waals surface area contributed by atoms with Crippen LogP contribution >= 0.6 is 11.6 Å². The number of anilines is 1. The Labute approximate surface area is 144 Å². The molecule has 0 radical (unpaired) electrons. The van der Waals surface area contributed by atoms with Gasteiger partial charge in [-0.2, -0.15) is 0 Å². The summed E-state index contributed by atoms with van der Waals surface area (Å²) in [6, 6.07) is 9.11. The zero-order valence-electron chi connectivity index (χ0n) is 13.3. The summed E-state index contributed by atoms with van der Waals surface area (Å²) < 4.78 is 23.7. The molecule has 0 saturated carbocycles. The van der Waals surface area contributed by atoms with Crippen molar-refractivity contribution < 1.29 is 18.7 Å². The number of ether oxygens (including phenoxy) is 2. The Bertz CT molecular complexity index is 762. The van der Waals surface area contributed by atoms with Crippen LogP contribution in [0.5, 0.6) is 11.5 Å². The van der Waals surface area contributed by atoms with Gasteiger partial charge in [0.15, 0.2) is 11.5 Å². The van der Waals surface area contributed by atoms with Gasteiger partial charge in [0.1, 0.15) is 5.82 Å².